The second-order valence-corrected chi connectivity index (χ2v) is 9.55. The second kappa shape index (κ2) is 12.8. The average molecular weight is 587 g/mol. The summed E-state index contributed by atoms with van der Waals surface area (Å²) in [5.74, 6) is -1.96. The third-order valence-electron chi connectivity index (χ3n) is 6.80. The SMILES string of the molecule is COCCn1c(Cc2ccc(-c3nc(OCc4ccc(C#N)cc4F)ccc3F)c(F)c2)nc2ccc(C(=O)OC)cc21. The summed E-state index contributed by atoms with van der Waals surface area (Å²) in [6, 6.07) is 17.6. The topological polar surface area (TPSA) is 99.3 Å². The van der Waals surface area contributed by atoms with Crippen molar-refractivity contribution < 1.29 is 32.2 Å². The van der Waals surface area contributed by atoms with Gasteiger partial charge in [-0.25, -0.2) is 27.9 Å². The number of imidazole rings is 1. The molecule has 0 spiro atoms. The first-order valence-electron chi connectivity index (χ1n) is 13.1. The van der Waals surface area contributed by atoms with Crippen molar-refractivity contribution in [2.75, 3.05) is 20.8 Å². The normalized spacial score (nSPS) is 11.0. The van der Waals surface area contributed by atoms with Crippen molar-refractivity contribution in [3.05, 3.63) is 112 Å². The van der Waals surface area contributed by atoms with Crippen LogP contribution in [-0.4, -0.2) is 41.3 Å². The fraction of sp³-hybridized carbons (Fsp3) is 0.188. The third-order valence-corrected chi connectivity index (χ3v) is 6.80. The van der Waals surface area contributed by atoms with Gasteiger partial charge in [0.05, 0.1) is 41.9 Å². The number of fused-ring (bicyclic) bond motifs is 1. The average Bonchev–Trinajstić information content (AvgIpc) is 3.35. The molecule has 8 nitrogen and oxygen atoms in total. The Morgan fingerprint density at radius 2 is 1.77 bits per heavy atom. The lowest BCUT2D eigenvalue weighted by molar-refractivity contribution is 0.0601. The van der Waals surface area contributed by atoms with Crippen LogP contribution >= 0.6 is 0 Å². The van der Waals surface area contributed by atoms with Crippen LogP contribution in [0.5, 0.6) is 5.88 Å². The van der Waals surface area contributed by atoms with Gasteiger partial charge in [-0.05, 0) is 54.1 Å². The molecule has 11 heteroatoms. The van der Waals surface area contributed by atoms with Crippen molar-refractivity contribution in [3.8, 4) is 23.2 Å². The maximum atomic E-state index is 15.4. The lowest BCUT2D eigenvalue weighted by Crippen LogP contribution is -2.09. The number of carbonyl (C=O) groups excluding carboxylic acids is 1. The molecule has 0 fully saturated rings. The molecule has 0 atom stereocenters. The minimum atomic E-state index is -0.758. The largest absolute Gasteiger partial charge is 0.473 e. The fourth-order valence-corrected chi connectivity index (χ4v) is 4.61. The lowest BCUT2D eigenvalue weighted by Gasteiger charge is -2.11. The van der Waals surface area contributed by atoms with E-state index >= 15 is 4.39 Å². The van der Waals surface area contributed by atoms with E-state index in [-0.39, 0.29) is 41.3 Å². The number of hydrogen-bond donors (Lipinski definition) is 0. The Morgan fingerprint density at radius 3 is 2.49 bits per heavy atom. The molecule has 0 unspecified atom stereocenters. The molecule has 3 aromatic carbocycles. The van der Waals surface area contributed by atoms with Gasteiger partial charge in [0.15, 0.2) is 0 Å². The number of aromatic nitrogens is 3. The van der Waals surface area contributed by atoms with E-state index in [2.05, 4.69) is 9.97 Å². The third kappa shape index (κ3) is 6.34. The van der Waals surface area contributed by atoms with Crippen LogP contribution in [0.15, 0.2) is 66.7 Å². The molecule has 2 aromatic heterocycles. The smallest absolute Gasteiger partial charge is 0.337 e. The van der Waals surface area contributed by atoms with E-state index in [9.17, 15) is 13.6 Å². The molecule has 0 saturated heterocycles. The van der Waals surface area contributed by atoms with Gasteiger partial charge >= 0.3 is 5.97 Å². The van der Waals surface area contributed by atoms with Crippen LogP contribution in [0.2, 0.25) is 0 Å². The summed E-state index contributed by atoms with van der Waals surface area (Å²) in [5.41, 5.74) is 2.32. The highest BCUT2D eigenvalue weighted by Crippen LogP contribution is 2.28. The Labute approximate surface area is 244 Å². The van der Waals surface area contributed by atoms with Crippen molar-refractivity contribution >= 4 is 17.0 Å². The molecule has 0 aliphatic heterocycles. The predicted molar refractivity (Wildman–Crippen MR) is 151 cm³/mol. The summed E-state index contributed by atoms with van der Waals surface area (Å²) in [6.07, 6.45) is 0.248. The second-order valence-electron chi connectivity index (χ2n) is 9.55. The van der Waals surface area contributed by atoms with E-state index in [0.29, 0.717) is 41.1 Å². The molecule has 218 valence electrons. The van der Waals surface area contributed by atoms with E-state index in [1.807, 2.05) is 10.6 Å². The Kier molecular flexibility index (Phi) is 8.69. The molecule has 0 radical (unpaired) electrons. The molecule has 0 aliphatic rings. The number of ether oxygens (including phenoxy) is 3. The molecule has 0 saturated carbocycles. The van der Waals surface area contributed by atoms with E-state index in [1.165, 1.54) is 37.4 Å². The van der Waals surface area contributed by atoms with Gasteiger partial charge in [-0.15, -0.1) is 0 Å². The molecule has 0 aliphatic carbocycles. The van der Waals surface area contributed by atoms with Crippen LogP contribution in [0.3, 0.4) is 0 Å². The first kappa shape index (κ1) is 29.3. The summed E-state index contributed by atoms with van der Waals surface area (Å²) >= 11 is 0. The predicted octanol–water partition coefficient (Wildman–Crippen LogP) is 5.99. The standard InChI is InChI=1S/C32H25F3N4O4/c1-41-12-11-39-28-16-21(32(40)42-2)6-9-27(28)37-29(39)15-19-4-7-23(26(35)13-19)31-24(33)8-10-30(38-31)43-18-22-5-3-20(17-36)14-25(22)34/h3-10,13-14,16H,11-12,15,18H2,1-2H3. The molecule has 5 rings (SSSR count). The van der Waals surface area contributed by atoms with E-state index < -0.39 is 23.4 Å². The van der Waals surface area contributed by atoms with Crippen molar-refractivity contribution in [1.29, 1.82) is 5.26 Å². The van der Waals surface area contributed by atoms with Gasteiger partial charge in [-0.2, -0.15) is 5.26 Å². The highest BCUT2D eigenvalue weighted by Gasteiger charge is 2.18. The van der Waals surface area contributed by atoms with Crippen molar-refractivity contribution in [2.24, 2.45) is 0 Å². The van der Waals surface area contributed by atoms with Gasteiger partial charge < -0.3 is 18.8 Å². The first-order valence-corrected chi connectivity index (χ1v) is 13.1. The number of nitrogens with zero attached hydrogens (tertiary/aromatic N) is 4. The summed E-state index contributed by atoms with van der Waals surface area (Å²) in [4.78, 5) is 20.9. The van der Waals surface area contributed by atoms with Crippen LogP contribution in [0.1, 0.15) is 32.9 Å². The monoisotopic (exact) mass is 586 g/mol. The van der Waals surface area contributed by atoms with E-state index in [0.717, 1.165) is 12.1 Å². The Morgan fingerprint density at radius 1 is 0.930 bits per heavy atom. The van der Waals surface area contributed by atoms with Crippen molar-refractivity contribution in [1.82, 2.24) is 14.5 Å². The zero-order chi connectivity index (χ0) is 30.5. The number of nitriles is 1. The van der Waals surface area contributed by atoms with Crippen molar-refractivity contribution in [2.45, 2.75) is 19.6 Å². The number of carbonyl (C=O) groups is 1. The molecule has 2 heterocycles. The molecular weight excluding hydrogens is 561 g/mol. The first-order chi connectivity index (χ1) is 20.8. The molecule has 43 heavy (non-hydrogen) atoms. The molecular formula is C32H25F3N4O4. The molecule has 0 amide bonds. The van der Waals surface area contributed by atoms with Crippen LogP contribution in [-0.2, 0) is 29.0 Å². The van der Waals surface area contributed by atoms with Gasteiger partial charge in [-0.1, -0.05) is 12.1 Å². The lowest BCUT2D eigenvalue weighted by atomic mass is 10.0. The van der Waals surface area contributed by atoms with Crippen LogP contribution in [0.4, 0.5) is 13.2 Å². The highest BCUT2D eigenvalue weighted by atomic mass is 19.1. The number of halogens is 3. The minimum absolute atomic E-state index is 0.0261. The molecule has 0 bridgehead atoms. The zero-order valence-electron chi connectivity index (χ0n) is 23.2. The Bertz CT molecular complexity index is 1870. The van der Waals surface area contributed by atoms with Crippen molar-refractivity contribution in [3.63, 3.8) is 0 Å². The van der Waals surface area contributed by atoms with Gasteiger partial charge in [-0.3, -0.25) is 0 Å². The van der Waals surface area contributed by atoms with Gasteiger partial charge in [0.1, 0.15) is 35.6 Å². The van der Waals surface area contributed by atoms with Crippen LogP contribution in [0, 0.1) is 28.8 Å². The van der Waals surface area contributed by atoms with Gasteiger partial charge in [0, 0.05) is 37.3 Å². The number of benzene rings is 3. The van der Waals surface area contributed by atoms with Crippen LogP contribution in [0.25, 0.3) is 22.3 Å². The molecule has 0 N–H and O–H groups in total. The van der Waals surface area contributed by atoms with Gasteiger partial charge in [0.25, 0.3) is 0 Å². The summed E-state index contributed by atoms with van der Waals surface area (Å²) in [6.45, 7) is 0.611. The van der Waals surface area contributed by atoms with E-state index in [4.69, 9.17) is 19.5 Å². The zero-order valence-corrected chi connectivity index (χ0v) is 23.2. The fourth-order valence-electron chi connectivity index (χ4n) is 4.61. The number of esters is 1. The maximum Gasteiger partial charge on any atom is 0.337 e. The number of hydrogen-bond acceptors (Lipinski definition) is 7. The Hall–Kier alpha value is -5.21. The van der Waals surface area contributed by atoms with E-state index in [1.54, 1.807) is 31.4 Å². The highest BCUT2D eigenvalue weighted by molar-refractivity contribution is 5.93. The quantitative estimate of drug-likeness (QED) is 0.185. The van der Waals surface area contributed by atoms with Gasteiger partial charge in [0.2, 0.25) is 5.88 Å². The number of pyridine rings is 1. The number of rotatable bonds is 10. The summed E-state index contributed by atoms with van der Waals surface area (Å²) in [5, 5.41) is 8.90. The summed E-state index contributed by atoms with van der Waals surface area (Å²) < 4.78 is 61.9. The molecule has 5 aromatic rings. The summed E-state index contributed by atoms with van der Waals surface area (Å²) in [7, 11) is 2.88. The Balaban J connectivity index is 1.39. The number of methoxy groups -OCH3 is 2. The maximum absolute atomic E-state index is 15.4. The van der Waals surface area contributed by atoms with Crippen LogP contribution < -0.4 is 4.74 Å². The minimum Gasteiger partial charge on any atom is -0.473 e.